The molecule has 3 aromatic carbocycles. The molecule has 0 aliphatic heterocycles. The van der Waals surface area contributed by atoms with Gasteiger partial charge in [0.2, 0.25) is 10.0 Å². The third-order valence-corrected chi connectivity index (χ3v) is 7.50. The Bertz CT molecular complexity index is 1320. The van der Waals surface area contributed by atoms with Crippen LogP contribution in [-0.4, -0.2) is 37.5 Å². The van der Waals surface area contributed by atoms with Crippen LogP contribution in [0.5, 0.6) is 5.75 Å². The van der Waals surface area contributed by atoms with Crippen LogP contribution in [0.25, 0.3) is 11.1 Å². The van der Waals surface area contributed by atoms with Gasteiger partial charge >= 0.3 is 5.97 Å². The second-order valence-electron chi connectivity index (χ2n) is 8.06. The van der Waals surface area contributed by atoms with Crippen molar-refractivity contribution in [1.29, 1.82) is 0 Å². The summed E-state index contributed by atoms with van der Waals surface area (Å²) in [5, 5.41) is 9.00. The zero-order chi connectivity index (χ0) is 26.0. The average molecular weight is 508 g/mol. The predicted molar refractivity (Wildman–Crippen MR) is 124 cm³/mol. The summed E-state index contributed by atoms with van der Waals surface area (Å²) in [5.74, 6) is -4.75. The van der Waals surface area contributed by atoms with Crippen molar-refractivity contribution in [1.82, 2.24) is 4.31 Å². The Balaban J connectivity index is 2.05. The molecular weight excluding hydrogens is 483 g/mol. The van der Waals surface area contributed by atoms with E-state index in [1.165, 1.54) is 43.4 Å². The second kappa shape index (κ2) is 10.1. The molecule has 0 bridgehead atoms. The molecule has 0 aliphatic carbocycles. The number of benzene rings is 3. The van der Waals surface area contributed by atoms with Gasteiger partial charge in [0.1, 0.15) is 11.6 Å². The Hall–Kier alpha value is -3.37. The van der Waals surface area contributed by atoms with Crippen LogP contribution in [-0.2, 0) is 20.7 Å². The monoisotopic (exact) mass is 507 g/mol. The molecule has 1 N–H and O–H groups in total. The number of sulfonamides is 1. The minimum absolute atomic E-state index is 0.0900. The molecule has 0 aromatic heterocycles. The SMILES string of the molecule is CC(c1ccc(OCC(=O)O)c(-c2cccc(C(C)(F)F)c2)c1)N(C)S(=O)(=O)c1ccc(F)cc1. The van der Waals surface area contributed by atoms with E-state index >= 15 is 0 Å². The summed E-state index contributed by atoms with van der Waals surface area (Å²) in [7, 11) is -2.61. The number of nitrogens with zero attached hydrogens (tertiary/aromatic N) is 1. The van der Waals surface area contributed by atoms with Gasteiger partial charge in [0.25, 0.3) is 5.92 Å². The lowest BCUT2D eigenvalue weighted by atomic mass is 9.96. The van der Waals surface area contributed by atoms with Gasteiger partial charge in [-0.05, 0) is 60.5 Å². The fraction of sp³-hybridized carbons (Fsp3) is 0.240. The first-order valence-corrected chi connectivity index (χ1v) is 12.0. The second-order valence-corrected chi connectivity index (χ2v) is 10.1. The zero-order valence-corrected chi connectivity index (χ0v) is 20.0. The number of alkyl halides is 2. The highest BCUT2D eigenvalue weighted by molar-refractivity contribution is 7.89. The number of carboxylic acid groups (broad SMARTS) is 1. The smallest absolute Gasteiger partial charge is 0.341 e. The van der Waals surface area contributed by atoms with Gasteiger partial charge in [0.15, 0.2) is 6.61 Å². The molecule has 0 radical (unpaired) electrons. The number of rotatable bonds is 9. The van der Waals surface area contributed by atoms with Gasteiger partial charge in [-0.1, -0.05) is 24.3 Å². The molecule has 35 heavy (non-hydrogen) atoms. The zero-order valence-electron chi connectivity index (χ0n) is 19.2. The molecule has 6 nitrogen and oxygen atoms in total. The molecule has 0 saturated heterocycles. The maximum Gasteiger partial charge on any atom is 0.341 e. The third kappa shape index (κ3) is 6.01. The number of ether oxygens (including phenoxy) is 1. The number of halogens is 3. The van der Waals surface area contributed by atoms with Crippen LogP contribution >= 0.6 is 0 Å². The molecule has 0 fully saturated rings. The lowest BCUT2D eigenvalue weighted by Gasteiger charge is -2.26. The van der Waals surface area contributed by atoms with Crippen molar-refractivity contribution in [2.45, 2.75) is 30.7 Å². The lowest BCUT2D eigenvalue weighted by Crippen LogP contribution is -2.29. The summed E-state index contributed by atoms with van der Waals surface area (Å²) in [6.45, 7) is 1.75. The number of carboxylic acids is 1. The Kier molecular flexibility index (Phi) is 7.56. The van der Waals surface area contributed by atoms with E-state index in [0.717, 1.165) is 23.4 Å². The quantitative estimate of drug-likeness (QED) is 0.417. The standard InChI is InChI=1S/C25H24F3NO5S/c1-16(29(3)35(32,33)21-10-8-20(26)9-11-21)17-7-12-23(34-15-24(30)31)22(14-17)18-5-4-6-19(13-18)25(2,27)28/h4-14,16H,15H2,1-3H3,(H,30,31). The fourth-order valence-electron chi connectivity index (χ4n) is 3.45. The molecule has 3 rings (SSSR count). The van der Waals surface area contributed by atoms with E-state index in [0.29, 0.717) is 16.7 Å². The predicted octanol–water partition coefficient (Wildman–Crippen LogP) is 5.45. The molecule has 0 spiro atoms. The van der Waals surface area contributed by atoms with Crippen molar-refractivity contribution in [3.8, 4) is 16.9 Å². The van der Waals surface area contributed by atoms with Crippen LogP contribution in [0.2, 0.25) is 0 Å². The van der Waals surface area contributed by atoms with E-state index < -0.39 is 40.4 Å². The highest BCUT2D eigenvalue weighted by atomic mass is 32.2. The van der Waals surface area contributed by atoms with Crippen LogP contribution in [0, 0.1) is 5.82 Å². The molecule has 0 saturated carbocycles. The van der Waals surface area contributed by atoms with Gasteiger partial charge in [-0.25, -0.2) is 26.4 Å². The molecule has 0 amide bonds. The molecule has 3 aromatic rings. The topological polar surface area (TPSA) is 83.9 Å². The first-order valence-electron chi connectivity index (χ1n) is 10.5. The largest absolute Gasteiger partial charge is 0.481 e. The van der Waals surface area contributed by atoms with Gasteiger partial charge in [-0.2, -0.15) is 4.31 Å². The average Bonchev–Trinajstić information content (AvgIpc) is 2.81. The fourth-order valence-corrected chi connectivity index (χ4v) is 4.80. The number of carbonyl (C=O) groups is 1. The maximum absolute atomic E-state index is 13.9. The van der Waals surface area contributed by atoms with Crippen molar-refractivity contribution in [3.05, 3.63) is 83.7 Å². The number of hydrogen-bond donors (Lipinski definition) is 1. The molecule has 1 unspecified atom stereocenters. The van der Waals surface area contributed by atoms with Gasteiger partial charge in [-0.15, -0.1) is 0 Å². The summed E-state index contributed by atoms with van der Waals surface area (Å²) in [6, 6.07) is 13.9. The minimum atomic E-state index is -3.98. The Morgan fingerprint density at radius 1 is 1.09 bits per heavy atom. The summed E-state index contributed by atoms with van der Waals surface area (Å²) in [4.78, 5) is 10.9. The molecule has 0 heterocycles. The van der Waals surface area contributed by atoms with Crippen molar-refractivity contribution >= 4 is 16.0 Å². The molecule has 0 aliphatic rings. The van der Waals surface area contributed by atoms with E-state index in [1.807, 2.05) is 0 Å². The molecular formula is C25H24F3NO5S. The van der Waals surface area contributed by atoms with E-state index in [1.54, 1.807) is 25.1 Å². The van der Waals surface area contributed by atoms with E-state index in [2.05, 4.69) is 0 Å². The first-order chi connectivity index (χ1) is 16.3. The van der Waals surface area contributed by atoms with E-state index in [-0.39, 0.29) is 16.2 Å². The van der Waals surface area contributed by atoms with Gasteiger partial charge in [-0.3, -0.25) is 0 Å². The van der Waals surface area contributed by atoms with E-state index in [4.69, 9.17) is 9.84 Å². The number of aliphatic carboxylic acids is 1. The maximum atomic E-state index is 13.9. The minimum Gasteiger partial charge on any atom is -0.481 e. The Labute approximate surface area is 201 Å². The van der Waals surface area contributed by atoms with Gasteiger partial charge < -0.3 is 9.84 Å². The third-order valence-electron chi connectivity index (χ3n) is 5.55. The van der Waals surface area contributed by atoms with Crippen molar-refractivity contribution in [2.75, 3.05) is 13.7 Å². The summed E-state index contributed by atoms with van der Waals surface area (Å²) < 4.78 is 73.7. The molecule has 1 atom stereocenters. The Morgan fingerprint density at radius 3 is 2.34 bits per heavy atom. The van der Waals surface area contributed by atoms with Crippen LogP contribution in [0.15, 0.2) is 71.6 Å². The first kappa shape index (κ1) is 26.2. The highest BCUT2D eigenvalue weighted by Crippen LogP contribution is 2.37. The summed E-state index contributed by atoms with van der Waals surface area (Å²) in [6.07, 6.45) is 0. The Morgan fingerprint density at radius 2 is 1.74 bits per heavy atom. The van der Waals surface area contributed by atoms with Crippen molar-refractivity contribution < 1.29 is 36.2 Å². The summed E-state index contributed by atoms with van der Waals surface area (Å²) in [5.41, 5.74) is 0.940. The van der Waals surface area contributed by atoms with Crippen LogP contribution in [0.1, 0.15) is 31.0 Å². The number of hydrogen-bond acceptors (Lipinski definition) is 4. The van der Waals surface area contributed by atoms with Crippen molar-refractivity contribution in [2.24, 2.45) is 0 Å². The normalized spacial score (nSPS) is 13.0. The van der Waals surface area contributed by atoms with Gasteiger partial charge in [0.05, 0.1) is 4.90 Å². The van der Waals surface area contributed by atoms with Crippen LogP contribution < -0.4 is 4.74 Å². The molecule has 186 valence electrons. The van der Waals surface area contributed by atoms with Crippen LogP contribution in [0.4, 0.5) is 13.2 Å². The van der Waals surface area contributed by atoms with Crippen LogP contribution in [0.3, 0.4) is 0 Å². The van der Waals surface area contributed by atoms with Crippen molar-refractivity contribution in [3.63, 3.8) is 0 Å². The molecule has 10 heteroatoms. The lowest BCUT2D eigenvalue weighted by molar-refractivity contribution is -0.139. The summed E-state index contributed by atoms with van der Waals surface area (Å²) >= 11 is 0. The van der Waals surface area contributed by atoms with E-state index in [9.17, 15) is 26.4 Å². The highest BCUT2D eigenvalue weighted by Gasteiger charge is 2.28. The van der Waals surface area contributed by atoms with Gasteiger partial charge in [0, 0.05) is 31.1 Å².